The summed E-state index contributed by atoms with van der Waals surface area (Å²) in [5.74, 6) is -3.03. The molecule has 0 saturated carbocycles. The smallest absolute Gasteiger partial charge is 0.379 e. The number of amides is 6. The Hall–Kier alpha value is -4.75. The molecule has 0 radical (unpaired) electrons. The second kappa shape index (κ2) is 30.4. The number of methoxy groups -OCH3 is 2. The van der Waals surface area contributed by atoms with Gasteiger partial charge in [-0.05, 0) is 87.7 Å². The van der Waals surface area contributed by atoms with Gasteiger partial charge in [0, 0.05) is 39.4 Å². The van der Waals surface area contributed by atoms with Gasteiger partial charge in [0.1, 0.15) is 18.2 Å². The third-order valence-corrected chi connectivity index (χ3v) is 15.9. The number of likely N-dealkylation sites (tertiary alicyclic amines) is 1. The van der Waals surface area contributed by atoms with Gasteiger partial charge in [0.15, 0.2) is 0 Å². The van der Waals surface area contributed by atoms with E-state index in [2.05, 4.69) is 21.3 Å². The fraction of sp³-hybridized carbons (Fsp3) is 0.679. The SMILES string of the molecule is CC[C@H](C)[C@@H]([C@@H](CC(=O)N1CCC[C@H]1[C@H](OC)[C@@H](C)C(=O)N[C@H](C)[C@@H](OP(=O)(O)OCc1ccc(NC(=O)[C@H](C)NC(=O)[C@@H](C)C(C)C)cc1)c1ccccc1)OC)N(C)C(=O)[C@@H](NC(=O)[C@H](C(C)C)N(C)C)C(C)C. The molecule has 2 aromatic rings. The molecule has 20 heteroatoms. The van der Waals surface area contributed by atoms with Crippen LogP contribution in [0.3, 0.4) is 0 Å². The highest BCUT2D eigenvalue weighted by Gasteiger charge is 2.44. The Morgan fingerprint density at radius 3 is 1.88 bits per heavy atom. The highest BCUT2D eigenvalue weighted by Crippen LogP contribution is 2.49. The summed E-state index contributed by atoms with van der Waals surface area (Å²) in [6.45, 7) is 22.5. The Morgan fingerprint density at radius 2 is 1.36 bits per heavy atom. The summed E-state index contributed by atoms with van der Waals surface area (Å²) in [6.07, 6.45) is -0.715. The molecule has 13 atom stereocenters. The van der Waals surface area contributed by atoms with Crippen LogP contribution in [0.4, 0.5) is 5.69 Å². The van der Waals surface area contributed by atoms with Crippen LogP contribution in [0.15, 0.2) is 54.6 Å². The average Bonchev–Trinajstić information content (AvgIpc) is 3.86. The number of nitrogens with zero attached hydrogens (tertiary/aromatic N) is 3. The monoisotopic (exact) mass is 1090 g/mol. The van der Waals surface area contributed by atoms with E-state index >= 15 is 0 Å². The summed E-state index contributed by atoms with van der Waals surface area (Å²) >= 11 is 0. The average molecular weight is 1090 g/mol. The molecule has 0 aromatic heterocycles. The van der Waals surface area contributed by atoms with Gasteiger partial charge >= 0.3 is 7.82 Å². The van der Waals surface area contributed by atoms with Crippen LogP contribution >= 0.6 is 7.82 Å². The van der Waals surface area contributed by atoms with Gasteiger partial charge in [-0.3, -0.25) is 42.7 Å². The van der Waals surface area contributed by atoms with Gasteiger partial charge in [0.05, 0.1) is 55.3 Å². The number of rotatable bonds is 30. The van der Waals surface area contributed by atoms with Gasteiger partial charge in [0.2, 0.25) is 35.4 Å². The maximum absolute atomic E-state index is 14.5. The molecule has 1 fully saturated rings. The molecule has 1 aliphatic rings. The Morgan fingerprint density at radius 1 is 0.750 bits per heavy atom. The van der Waals surface area contributed by atoms with Crippen LogP contribution in [0.5, 0.6) is 0 Å². The Bertz CT molecular complexity index is 2230. The fourth-order valence-electron chi connectivity index (χ4n) is 9.90. The van der Waals surface area contributed by atoms with Crippen LogP contribution < -0.4 is 21.3 Å². The number of likely N-dealkylation sites (N-methyl/N-ethyl adjacent to an activating group) is 2. The van der Waals surface area contributed by atoms with E-state index in [-0.39, 0.29) is 66.2 Å². The van der Waals surface area contributed by atoms with E-state index in [1.165, 1.54) is 14.2 Å². The number of nitrogens with one attached hydrogen (secondary N) is 4. The maximum Gasteiger partial charge on any atom is 0.473 e. The van der Waals surface area contributed by atoms with Crippen molar-refractivity contribution in [3.8, 4) is 0 Å². The molecule has 5 N–H and O–H groups in total. The molecule has 0 spiro atoms. The van der Waals surface area contributed by atoms with Crippen molar-refractivity contribution in [3.05, 3.63) is 65.7 Å². The van der Waals surface area contributed by atoms with Gasteiger partial charge < -0.3 is 45.4 Å². The lowest BCUT2D eigenvalue weighted by atomic mass is 9.89. The first kappa shape index (κ1) is 65.5. The summed E-state index contributed by atoms with van der Waals surface area (Å²) in [6, 6.07) is 11.2. The summed E-state index contributed by atoms with van der Waals surface area (Å²) in [7, 11) is 3.63. The molecular formula is C56H92N7O12P. The van der Waals surface area contributed by atoms with Crippen LogP contribution in [0.25, 0.3) is 0 Å². The minimum absolute atomic E-state index is 0.00794. The van der Waals surface area contributed by atoms with Crippen molar-refractivity contribution in [1.29, 1.82) is 0 Å². The first-order chi connectivity index (χ1) is 35.6. The van der Waals surface area contributed by atoms with E-state index in [0.717, 1.165) is 0 Å². The van der Waals surface area contributed by atoms with Crippen molar-refractivity contribution in [1.82, 2.24) is 30.7 Å². The van der Waals surface area contributed by atoms with E-state index in [1.807, 2.05) is 74.4 Å². The second-order valence-corrected chi connectivity index (χ2v) is 23.3. The number of phosphoric acid groups is 1. The molecule has 1 heterocycles. The van der Waals surface area contributed by atoms with Crippen LogP contribution in [-0.2, 0) is 58.5 Å². The highest BCUT2D eigenvalue weighted by molar-refractivity contribution is 7.47. The van der Waals surface area contributed by atoms with E-state index < -0.39 is 80.1 Å². The topological polar surface area (TPSA) is 234 Å². The van der Waals surface area contributed by atoms with E-state index in [0.29, 0.717) is 42.6 Å². The molecule has 19 nitrogen and oxygen atoms in total. The van der Waals surface area contributed by atoms with Crippen LogP contribution in [-0.4, -0.2) is 145 Å². The molecule has 3 rings (SSSR count). The van der Waals surface area contributed by atoms with Crippen molar-refractivity contribution < 1.29 is 56.7 Å². The van der Waals surface area contributed by atoms with E-state index in [4.69, 9.17) is 18.5 Å². The number of anilines is 1. The number of hydrogen-bond donors (Lipinski definition) is 5. The number of hydrogen-bond acceptors (Lipinski definition) is 12. The third-order valence-electron chi connectivity index (χ3n) is 14.9. The van der Waals surface area contributed by atoms with Gasteiger partial charge in [0.25, 0.3) is 0 Å². The van der Waals surface area contributed by atoms with Crippen molar-refractivity contribution >= 4 is 49.0 Å². The number of carbonyl (C=O) groups is 6. The van der Waals surface area contributed by atoms with Crippen molar-refractivity contribution in [3.63, 3.8) is 0 Å². The normalized spacial score (nSPS) is 19.1. The molecule has 76 heavy (non-hydrogen) atoms. The predicted molar refractivity (Wildman–Crippen MR) is 294 cm³/mol. The van der Waals surface area contributed by atoms with Crippen LogP contribution in [0.2, 0.25) is 0 Å². The van der Waals surface area contributed by atoms with Gasteiger partial charge in [-0.1, -0.05) is 118 Å². The Balaban J connectivity index is 1.74. The third kappa shape index (κ3) is 18.4. The van der Waals surface area contributed by atoms with E-state index in [9.17, 15) is 38.2 Å². The highest BCUT2D eigenvalue weighted by atomic mass is 31.2. The number of benzene rings is 2. The first-order valence-corrected chi connectivity index (χ1v) is 28.4. The largest absolute Gasteiger partial charge is 0.473 e. The fourth-order valence-corrected chi connectivity index (χ4v) is 10.9. The standard InChI is InChI=1S/C56H92N7O12P/c1-18-36(8)49(62(15)56(69)47(34(4)5)60-55(68)48(35(6)7)61(13)14)45(72-16)31-46(64)63-30-22-25-44(63)50(73-17)38(10)53(66)57-39(11)51(42-23-20-19-21-24-42)75-76(70,71)74-32-41-26-28-43(29-27-41)59-54(67)40(12)58-52(65)37(9)33(2)3/h19-21,23-24,26-29,33-40,44-45,47-51H,18,22,25,30-32H2,1-17H3,(H,57,66)(H,58,65)(H,59,67)(H,60,68)(H,70,71)/t36-,37-,38+,39+,40-,44-,45+,47-,48-,49-,50+,51+/m0/s1. The number of carbonyl (C=O) groups excluding carboxylic acids is 6. The lowest BCUT2D eigenvalue weighted by Crippen LogP contribution is -2.59. The lowest BCUT2D eigenvalue weighted by molar-refractivity contribution is -0.148. The molecular weight excluding hydrogens is 994 g/mol. The van der Waals surface area contributed by atoms with Crippen molar-refractivity contribution in [2.24, 2.45) is 35.5 Å². The van der Waals surface area contributed by atoms with Crippen molar-refractivity contribution in [2.75, 3.05) is 47.2 Å². The molecule has 2 aromatic carbocycles. The molecule has 1 unspecified atom stereocenters. The molecule has 0 bridgehead atoms. The summed E-state index contributed by atoms with van der Waals surface area (Å²) in [4.78, 5) is 98.2. The number of ether oxygens (including phenoxy) is 2. The summed E-state index contributed by atoms with van der Waals surface area (Å²) in [5.41, 5.74) is 1.46. The first-order valence-electron chi connectivity index (χ1n) is 26.9. The Kier molecular flexibility index (Phi) is 26.2. The Labute approximate surface area is 453 Å². The van der Waals surface area contributed by atoms with Crippen LogP contribution in [0.1, 0.15) is 126 Å². The zero-order valence-corrected chi connectivity index (χ0v) is 49.2. The molecule has 6 amide bonds. The zero-order valence-electron chi connectivity index (χ0n) is 48.3. The molecule has 1 saturated heterocycles. The van der Waals surface area contributed by atoms with Gasteiger partial charge in [-0.15, -0.1) is 0 Å². The molecule has 0 aliphatic carbocycles. The minimum Gasteiger partial charge on any atom is -0.379 e. The maximum atomic E-state index is 14.5. The summed E-state index contributed by atoms with van der Waals surface area (Å²) in [5, 5.41) is 11.5. The second-order valence-electron chi connectivity index (χ2n) is 21.9. The van der Waals surface area contributed by atoms with Gasteiger partial charge in [-0.25, -0.2) is 4.57 Å². The van der Waals surface area contributed by atoms with Crippen LogP contribution in [0, 0.1) is 35.5 Å². The summed E-state index contributed by atoms with van der Waals surface area (Å²) < 4.78 is 37.0. The predicted octanol–water partition coefficient (Wildman–Crippen LogP) is 6.95. The van der Waals surface area contributed by atoms with Gasteiger partial charge in [-0.2, -0.15) is 0 Å². The van der Waals surface area contributed by atoms with E-state index in [1.54, 1.807) is 99.1 Å². The van der Waals surface area contributed by atoms with Crippen molar-refractivity contribution in [2.45, 2.75) is 170 Å². The zero-order chi connectivity index (χ0) is 57.4. The minimum atomic E-state index is -4.79. The molecule has 1 aliphatic heterocycles. The molecule has 428 valence electrons. The quantitative estimate of drug-likeness (QED) is 0.0499. The lowest BCUT2D eigenvalue weighted by Gasteiger charge is -2.41. The number of phosphoric ester groups is 1.